The highest BCUT2D eigenvalue weighted by atomic mass is 28.5. The summed E-state index contributed by atoms with van der Waals surface area (Å²) in [5.74, 6) is 0. The summed E-state index contributed by atoms with van der Waals surface area (Å²) >= 11 is 0. The summed E-state index contributed by atoms with van der Waals surface area (Å²) in [5.41, 5.74) is 5.71. The van der Waals surface area contributed by atoms with Crippen LogP contribution in [0.4, 0.5) is 0 Å². The molecule has 0 aromatic heterocycles. The molecule has 162 valence electrons. The predicted molar refractivity (Wildman–Crippen MR) is 137 cm³/mol. The summed E-state index contributed by atoms with van der Waals surface area (Å²) in [6.45, 7) is 28.7. The molecule has 0 aliphatic carbocycles. The first kappa shape index (κ1) is 26.4. The average Bonchev–Trinajstić information content (AvgIpc) is 2.60. The van der Waals surface area contributed by atoms with Crippen molar-refractivity contribution in [1.82, 2.24) is 0 Å². The number of hydrogen-bond donors (Lipinski definition) is 0. The van der Waals surface area contributed by atoms with Gasteiger partial charge in [0.15, 0.2) is 16.6 Å². The Kier molecular flexibility index (Phi) is 8.80. The van der Waals surface area contributed by atoms with Gasteiger partial charge in [-0.05, 0) is 57.6 Å². The molecule has 0 saturated heterocycles. The van der Waals surface area contributed by atoms with Crippen molar-refractivity contribution in [3.63, 3.8) is 0 Å². The Morgan fingerprint density at radius 2 is 1.10 bits per heavy atom. The molecule has 0 amide bonds. The number of hydrogen-bond acceptors (Lipinski definition) is 4. The third-order valence-corrected chi connectivity index (χ3v) is 23.1. The predicted octanol–water partition coefficient (Wildman–Crippen LogP) is 5.39. The zero-order valence-electron chi connectivity index (χ0n) is 19.4. The van der Waals surface area contributed by atoms with E-state index in [2.05, 4.69) is 77.7 Å². The SMILES string of the molecule is C=C[Si](C)(C)O[Si](C)(C)O[Si](C)(O[Si](C)(C=C)O[Si](C)(C)C=C)c1ccccc1. The van der Waals surface area contributed by atoms with E-state index in [0.29, 0.717) is 0 Å². The maximum Gasteiger partial charge on any atom is 0.351 e. The largest absolute Gasteiger partial charge is 0.433 e. The Morgan fingerprint density at radius 1 is 0.621 bits per heavy atom. The molecule has 0 bridgehead atoms. The smallest absolute Gasteiger partial charge is 0.351 e. The van der Waals surface area contributed by atoms with Crippen LogP contribution < -0.4 is 5.19 Å². The van der Waals surface area contributed by atoms with Gasteiger partial charge >= 0.3 is 25.7 Å². The van der Waals surface area contributed by atoms with Crippen LogP contribution in [0, 0.1) is 0 Å². The summed E-state index contributed by atoms with van der Waals surface area (Å²) in [5, 5.41) is 1.06. The Bertz CT molecular complexity index is 723. The number of rotatable bonds is 12. The molecule has 0 heterocycles. The first-order valence-corrected chi connectivity index (χ1v) is 23.4. The van der Waals surface area contributed by atoms with E-state index in [9.17, 15) is 0 Å². The fourth-order valence-corrected chi connectivity index (χ4v) is 23.9. The van der Waals surface area contributed by atoms with Crippen molar-refractivity contribution in [1.29, 1.82) is 0 Å². The highest BCUT2D eigenvalue weighted by Gasteiger charge is 2.49. The van der Waals surface area contributed by atoms with Crippen molar-refractivity contribution >= 4 is 47.5 Å². The standard InChI is InChI=1S/C20H38O4Si5/c1-12-25(4,5)21-27(8,9)23-29(11,20-18-16-15-17-19-20)24-28(10,14-3)22-26(6,7)13-2/h12-19H,1-3H2,4-11H3. The summed E-state index contributed by atoms with van der Waals surface area (Å²) in [6, 6.07) is 10.2. The Labute approximate surface area is 183 Å². The molecule has 0 aliphatic heterocycles. The lowest BCUT2D eigenvalue weighted by Crippen LogP contribution is -2.65. The zero-order valence-corrected chi connectivity index (χ0v) is 24.4. The Hall–Kier alpha value is -0.636. The lowest BCUT2D eigenvalue weighted by molar-refractivity contribution is 0.310. The van der Waals surface area contributed by atoms with E-state index < -0.39 is 42.3 Å². The van der Waals surface area contributed by atoms with Crippen LogP contribution in [-0.4, -0.2) is 42.3 Å². The fourth-order valence-electron chi connectivity index (χ4n) is 3.10. The van der Waals surface area contributed by atoms with Gasteiger partial charge in [-0.15, -0.1) is 19.7 Å². The molecule has 0 radical (unpaired) electrons. The summed E-state index contributed by atoms with van der Waals surface area (Å²) in [7, 11) is -12.2. The van der Waals surface area contributed by atoms with E-state index >= 15 is 0 Å². The van der Waals surface area contributed by atoms with Crippen LogP contribution in [0.1, 0.15) is 0 Å². The van der Waals surface area contributed by atoms with Crippen molar-refractivity contribution in [2.75, 3.05) is 0 Å². The highest BCUT2D eigenvalue weighted by molar-refractivity contribution is 6.97. The molecule has 4 nitrogen and oxygen atoms in total. The molecule has 1 aromatic carbocycles. The Morgan fingerprint density at radius 3 is 1.55 bits per heavy atom. The molecule has 0 saturated carbocycles. The normalized spacial score (nSPS) is 17.1. The van der Waals surface area contributed by atoms with E-state index in [1.165, 1.54) is 0 Å². The minimum atomic E-state index is -2.86. The fraction of sp³-hybridized carbons (Fsp3) is 0.400. The summed E-state index contributed by atoms with van der Waals surface area (Å²) < 4.78 is 26.7. The second-order valence-electron chi connectivity index (χ2n) is 8.96. The van der Waals surface area contributed by atoms with E-state index in [-0.39, 0.29) is 0 Å². The quantitative estimate of drug-likeness (QED) is 0.374. The average molecular weight is 483 g/mol. The van der Waals surface area contributed by atoms with Crippen molar-refractivity contribution in [2.24, 2.45) is 0 Å². The first-order chi connectivity index (χ1) is 13.1. The van der Waals surface area contributed by atoms with Crippen LogP contribution in [0.15, 0.2) is 67.2 Å². The van der Waals surface area contributed by atoms with E-state index in [4.69, 9.17) is 16.5 Å². The molecule has 1 aromatic rings. The second kappa shape index (κ2) is 9.66. The molecule has 0 aliphatic rings. The van der Waals surface area contributed by atoms with Crippen LogP contribution in [0.5, 0.6) is 0 Å². The van der Waals surface area contributed by atoms with Crippen molar-refractivity contribution in [3.05, 3.63) is 67.2 Å². The lowest BCUT2D eigenvalue weighted by atomic mass is 10.4. The topological polar surface area (TPSA) is 36.9 Å². The van der Waals surface area contributed by atoms with E-state index in [0.717, 1.165) is 5.19 Å². The molecule has 29 heavy (non-hydrogen) atoms. The van der Waals surface area contributed by atoms with Gasteiger partial charge in [0.05, 0.1) is 0 Å². The molecular formula is C20H38O4Si5. The van der Waals surface area contributed by atoms with Crippen LogP contribution in [0.25, 0.3) is 0 Å². The van der Waals surface area contributed by atoms with E-state index in [1.54, 1.807) is 0 Å². The highest BCUT2D eigenvalue weighted by Crippen LogP contribution is 2.27. The maximum atomic E-state index is 6.83. The minimum Gasteiger partial charge on any atom is -0.433 e. The third-order valence-electron chi connectivity index (χ3n) is 4.46. The third kappa shape index (κ3) is 8.19. The minimum absolute atomic E-state index is 1.06. The van der Waals surface area contributed by atoms with Crippen molar-refractivity contribution in [2.45, 2.75) is 52.4 Å². The number of benzene rings is 1. The van der Waals surface area contributed by atoms with Crippen molar-refractivity contribution in [3.8, 4) is 0 Å². The van der Waals surface area contributed by atoms with Gasteiger partial charge in [-0.25, -0.2) is 0 Å². The van der Waals surface area contributed by atoms with Crippen LogP contribution in [-0.2, 0) is 16.5 Å². The van der Waals surface area contributed by atoms with Gasteiger partial charge in [0, 0.05) is 0 Å². The lowest BCUT2D eigenvalue weighted by Gasteiger charge is -2.43. The summed E-state index contributed by atoms with van der Waals surface area (Å²) in [4.78, 5) is 0. The molecule has 2 atom stereocenters. The molecule has 2 unspecified atom stereocenters. The molecule has 0 spiro atoms. The maximum absolute atomic E-state index is 6.83. The van der Waals surface area contributed by atoms with Gasteiger partial charge in [-0.1, -0.05) is 47.4 Å². The van der Waals surface area contributed by atoms with Gasteiger partial charge < -0.3 is 16.5 Å². The Balaban J connectivity index is 3.34. The van der Waals surface area contributed by atoms with Gasteiger partial charge in [-0.2, -0.15) is 0 Å². The van der Waals surface area contributed by atoms with Crippen LogP contribution >= 0.6 is 0 Å². The summed E-state index contributed by atoms with van der Waals surface area (Å²) in [6.07, 6.45) is 0. The monoisotopic (exact) mass is 482 g/mol. The van der Waals surface area contributed by atoms with Gasteiger partial charge in [0.2, 0.25) is 0 Å². The van der Waals surface area contributed by atoms with Gasteiger partial charge in [0.25, 0.3) is 0 Å². The first-order valence-electron chi connectivity index (χ1n) is 9.88. The zero-order chi connectivity index (χ0) is 22.6. The van der Waals surface area contributed by atoms with Crippen LogP contribution in [0.2, 0.25) is 52.4 Å². The molecular weight excluding hydrogens is 445 g/mol. The molecule has 1 rings (SSSR count). The molecule has 0 N–H and O–H groups in total. The van der Waals surface area contributed by atoms with Gasteiger partial charge in [-0.3, -0.25) is 0 Å². The van der Waals surface area contributed by atoms with E-state index in [1.807, 2.05) is 41.8 Å². The van der Waals surface area contributed by atoms with Gasteiger partial charge in [0.1, 0.15) is 0 Å². The van der Waals surface area contributed by atoms with Crippen molar-refractivity contribution < 1.29 is 16.5 Å². The van der Waals surface area contributed by atoms with Crippen LogP contribution in [0.3, 0.4) is 0 Å². The molecule has 9 heteroatoms. The molecule has 0 fully saturated rings. The second-order valence-corrected chi connectivity index (χ2v) is 27.2.